The first kappa shape index (κ1) is 22.5. The minimum atomic E-state index is -0.616. The van der Waals surface area contributed by atoms with Crippen molar-refractivity contribution in [1.82, 2.24) is 15.4 Å². The summed E-state index contributed by atoms with van der Waals surface area (Å²) in [6.07, 6.45) is 1.24. The van der Waals surface area contributed by atoms with Gasteiger partial charge >= 0.3 is 5.69 Å². The Labute approximate surface area is 184 Å². The molecule has 32 heavy (non-hydrogen) atoms. The number of methoxy groups -OCH3 is 1. The van der Waals surface area contributed by atoms with Crippen molar-refractivity contribution in [2.75, 3.05) is 7.11 Å². The summed E-state index contributed by atoms with van der Waals surface area (Å²) in [7, 11) is 1.56. The van der Waals surface area contributed by atoms with Crippen LogP contribution in [0.5, 0.6) is 11.5 Å². The molecule has 0 radical (unpaired) electrons. The lowest BCUT2D eigenvalue weighted by Crippen LogP contribution is -2.30. The van der Waals surface area contributed by atoms with Gasteiger partial charge in [-0.25, -0.2) is 10.2 Å². The van der Waals surface area contributed by atoms with Crippen molar-refractivity contribution in [3.63, 3.8) is 0 Å². The van der Waals surface area contributed by atoms with Gasteiger partial charge in [0.05, 0.1) is 19.7 Å². The molecular weight excluding hydrogens is 412 g/mol. The summed E-state index contributed by atoms with van der Waals surface area (Å²) in [6.45, 7) is 3.95. The zero-order valence-electron chi connectivity index (χ0n) is 18.0. The Balaban J connectivity index is 1.64. The van der Waals surface area contributed by atoms with Crippen LogP contribution in [0.1, 0.15) is 27.9 Å². The quantitative estimate of drug-likeness (QED) is 0.368. The molecule has 0 saturated heterocycles. The molecule has 1 aromatic heterocycles. The SMILES string of the molecule is COc1ccc(/C=N\NC(=O)Cc2c(C)[nH]c(=O)[nH]c2=O)cc1OCc1ccc(C)cc1. The van der Waals surface area contributed by atoms with Gasteiger partial charge in [-0.3, -0.25) is 14.6 Å². The van der Waals surface area contributed by atoms with Crippen LogP contribution in [-0.4, -0.2) is 29.2 Å². The summed E-state index contributed by atoms with van der Waals surface area (Å²) in [5.74, 6) is 0.621. The number of benzene rings is 2. The van der Waals surface area contributed by atoms with E-state index in [2.05, 4.69) is 20.5 Å². The largest absolute Gasteiger partial charge is 0.493 e. The molecule has 0 aliphatic heterocycles. The van der Waals surface area contributed by atoms with Crippen LogP contribution < -0.4 is 26.1 Å². The number of amides is 1. The first-order chi connectivity index (χ1) is 15.4. The standard InChI is InChI=1S/C23H24N4O5/c1-14-4-6-16(7-5-14)13-32-20-10-17(8-9-19(20)31-3)12-24-27-21(28)11-18-15(2)25-23(30)26-22(18)29/h4-10,12H,11,13H2,1-3H3,(H,27,28)(H2,25,26,29,30)/b24-12-. The zero-order valence-corrected chi connectivity index (χ0v) is 18.0. The first-order valence-corrected chi connectivity index (χ1v) is 9.86. The molecule has 1 heterocycles. The number of nitrogens with zero attached hydrogens (tertiary/aromatic N) is 1. The van der Waals surface area contributed by atoms with Gasteiger partial charge in [-0.05, 0) is 43.2 Å². The van der Waals surface area contributed by atoms with Crippen LogP contribution in [0.3, 0.4) is 0 Å². The summed E-state index contributed by atoms with van der Waals surface area (Å²) in [4.78, 5) is 39.8. The van der Waals surface area contributed by atoms with E-state index < -0.39 is 17.2 Å². The number of hydrazone groups is 1. The van der Waals surface area contributed by atoms with E-state index in [1.165, 1.54) is 11.8 Å². The molecule has 3 N–H and O–H groups in total. The number of aromatic amines is 2. The number of ether oxygens (including phenoxy) is 2. The molecule has 166 valence electrons. The number of carbonyl (C=O) groups is 1. The highest BCUT2D eigenvalue weighted by Crippen LogP contribution is 2.28. The average molecular weight is 436 g/mol. The normalized spacial score (nSPS) is 10.8. The third-order valence-corrected chi connectivity index (χ3v) is 4.70. The van der Waals surface area contributed by atoms with Gasteiger partial charge in [0.15, 0.2) is 11.5 Å². The molecule has 9 heteroatoms. The molecule has 0 aliphatic carbocycles. The van der Waals surface area contributed by atoms with Crippen molar-refractivity contribution in [3.8, 4) is 11.5 Å². The number of hydrogen-bond donors (Lipinski definition) is 3. The summed E-state index contributed by atoms with van der Waals surface area (Å²) in [5, 5.41) is 3.93. The lowest BCUT2D eigenvalue weighted by molar-refractivity contribution is -0.120. The maximum Gasteiger partial charge on any atom is 0.325 e. The number of aryl methyl sites for hydroxylation is 2. The molecular formula is C23H24N4O5. The maximum absolute atomic E-state index is 12.1. The van der Waals surface area contributed by atoms with Crippen LogP contribution in [0.25, 0.3) is 0 Å². The number of nitrogens with one attached hydrogen (secondary N) is 3. The van der Waals surface area contributed by atoms with Crippen molar-refractivity contribution >= 4 is 12.1 Å². The van der Waals surface area contributed by atoms with E-state index in [4.69, 9.17) is 9.47 Å². The second-order valence-corrected chi connectivity index (χ2v) is 7.17. The Morgan fingerprint density at radius 2 is 1.81 bits per heavy atom. The summed E-state index contributed by atoms with van der Waals surface area (Å²) in [6, 6.07) is 13.3. The zero-order chi connectivity index (χ0) is 23.1. The molecule has 3 rings (SSSR count). The molecule has 9 nitrogen and oxygen atoms in total. The molecule has 2 aromatic carbocycles. The fraction of sp³-hybridized carbons (Fsp3) is 0.217. The fourth-order valence-electron chi connectivity index (χ4n) is 2.95. The third kappa shape index (κ3) is 5.94. The Morgan fingerprint density at radius 1 is 1.06 bits per heavy atom. The van der Waals surface area contributed by atoms with Gasteiger partial charge < -0.3 is 14.5 Å². The van der Waals surface area contributed by atoms with Gasteiger partial charge in [-0.1, -0.05) is 29.8 Å². The highest BCUT2D eigenvalue weighted by Gasteiger charge is 2.11. The first-order valence-electron chi connectivity index (χ1n) is 9.86. The van der Waals surface area contributed by atoms with Crippen LogP contribution in [0, 0.1) is 13.8 Å². The summed E-state index contributed by atoms with van der Waals surface area (Å²) >= 11 is 0. The van der Waals surface area contributed by atoms with Gasteiger partial charge in [0, 0.05) is 11.3 Å². The Bertz CT molecular complexity index is 1240. The van der Waals surface area contributed by atoms with Crippen molar-refractivity contribution in [2.24, 2.45) is 5.10 Å². The summed E-state index contributed by atoms with van der Waals surface area (Å²) < 4.78 is 11.2. The Morgan fingerprint density at radius 3 is 2.50 bits per heavy atom. The van der Waals surface area contributed by atoms with E-state index in [-0.39, 0.29) is 12.0 Å². The second kappa shape index (κ2) is 10.3. The van der Waals surface area contributed by atoms with E-state index >= 15 is 0 Å². The average Bonchev–Trinajstić information content (AvgIpc) is 2.76. The van der Waals surface area contributed by atoms with E-state index in [9.17, 15) is 14.4 Å². The number of aromatic nitrogens is 2. The number of rotatable bonds is 8. The highest BCUT2D eigenvalue weighted by atomic mass is 16.5. The van der Waals surface area contributed by atoms with Crippen LogP contribution >= 0.6 is 0 Å². The lowest BCUT2D eigenvalue weighted by atomic mass is 10.1. The molecule has 0 saturated carbocycles. The maximum atomic E-state index is 12.1. The van der Waals surface area contributed by atoms with Gasteiger partial charge in [-0.2, -0.15) is 5.10 Å². The van der Waals surface area contributed by atoms with Crippen molar-refractivity contribution in [1.29, 1.82) is 0 Å². The molecule has 0 fully saturated rings. The van der Waals surface area contributed by atoms with Gasteiger partial charge in [0.2, 0.25) is 5.91 Å². The van der Waals surface area contributed by atoms with Gasteiger partial charge in [0.1, 0.15) is 6.61 Å². The number of hydrogen-bond acceptors (Lipinski definition) is 6. The minimum absolute atomic E-state index is 0.175. The third-order valence-electron chi connectivity index (χ3n) is 4.70. The van der Waals surface area contributed by atoms with E-state index in [0.717, 1.165) is 5.56 Å². The Kier molecular flexibility index (Phi) is 7.22. The highest BCUT2D eigenvalue weighted by molar-refractivity contribution is 5.84. The van der Waals surface area contributed by atoms with E-state index in [1.54, 1.807) is 32.2 Å². The smallest absolute Gasteiger partial charge is 0.325 e. The Hall–Kier alpha value is -4.14. The monoisotopic (exact) mass is 436 g/mol. The molecule has 3 aromatic rings. The van der Waals surface area contributed by atoms with Gasteiger partial charge in [-0.15, -0.1) is 0 Å². The van der Waals surface area contributed by atoms with Gasteiger partial charge in [0.25, 0.3) is 5.56 Å². The number of H-pyrrole nitrogens is 2. The minimum Gasteiger partial charge on any atom is -0.493 e. The molecule has 0 unspecified atom stereocenters. The summed E-state index contributed by atoms with van der Waals surface area (Å²) in [5.41, 5.74) is 4.55. The second-order valence-electron chi connectivity index (χ2n) is 7.17. The van der Waals surface area contributed by atoms with E-state index in [0.29, 0.717) is 29.4 Å². The van der Waals surface area contributed by atoms with Crippen molar-refractivity contribution in [3.05, 3.63) is 91.3 Å². The molecule has 0 aliphatic rings. The molecule has 0 spiro atoms. The predicted molar refractivity (Wildman–Crippen MR) is 120 cm³/mol. The van der Waals surface area contributed by atoms with Crippen LogP contribution in [0.15, 0.2) is 57.2 Å². The van der Waals surface area contributed by atoms with Crippen LogP contribution in [-0.2, 0) is 17.8 Å². The predicted octanol–water partition coefficient (Wildman–Crippen LogP) is 1.96. The van der Waals surface area contributed by atoms with Crippen molar-refractivity contribution in [2.45, 2.75) is 26.9 Å². The topological polar surface area (TPSA) is 126 Å². The van der Waals surface area contributed by atoms with E-state index in [1.807, 2.05) is 31.2 Å². The lowest BCUT2D eigenvalue weighted by Gasteiger charge is -2.11. The fourth-order valence-corrected chi connectivity index (χ4v) is 2.95. The molecule has 0 atom stereocenters. The van der Waals surface area contributed by atoms with Crippen molar-refractivity contribution < 1.29 is 14.3 Å². The van der Waals surface area contributed by atoms with Crippen LogP contribution in [0.4, 0.5) is 0 Å². The number of carbonyl (C=O) groups excluding carboxylic acids is 1. The molecule has 1 amide bonds. The molecule has 0 bridgehead atoms. The van der Waals surface area contributed by atoms with Crippen LogP contribution in [0.2, 0.25) is 0 Å².